The van der Waals surface area contributed by atoms with Gasteiger partial charge in [0.25, 0.3) is 0 Å². The van der Waals surface area contributed by atoms with E-state index in [2.05, 4.69) is 12.2 Å². The summed E-state index contributed by atoms with van der Waals surface area (Å²) in [6.07, 6.45) is 7.02. The van der Waals surface area contributed by atoms with Crippen molar-refractivity contribution in [1.82, 2.24) is 9.62 Å². The zero-order valence-electron chi connectivity index (χ0n) is 12.7. The van der Waals surface area contributed by atoms with E-state index in [0.29, 0.717) is 11.8 Å². The van der Waals surface area contributed by atoms with Crippen molar-refractivity contribution in [2.75, 3.05) is 19.3 Å². The van der Waals surface area contributed by atoms with E-state index in [4.69, 9.17) is 0 Å². The molecule has 0 unspecified atom stereocenters. The molecular formula is C14H30N2O2S. The molecule has 0 bridgehead atoms. The van der Waals surface area contributed by atoms with Gasteiger partial charge in [0.15, 0.2) is 0 Å². The molecule has 0 saturated heterocycles. The number of hydrogen-bond acceptors (Lipinski definition) is 3. The van der Waals surface area contributed by atoms with E-state index in [-0.39, 0.29) is 6.04 Å². The van der Waals surface area contributed by atoms with Gasteiger partial charge in [-0.15, -0.1) is 0 Å². The van der Waals surface area contributed by atoms with Gasteiger partial charge in [-0.2, -0.15) is 0 Å². The van der Waals surface area contributed by atoms with E-state index >= 15 is 0 Å². The minimum Gasteiger partial charge on any atom is -0.314 e. The van der Waals surface area contributed by atoms with Crippen LogP contribution in [0.2, 0.25) is 0 Å². The first-order chi connectivity index (χ1) is 9.01. The molecule has 1 rings (SSSR count). The van der Waals surface area contributed by atoms with E-state index < -0.39 is 10.0 Å². The molecule has 0 aromatic heterocycles. The van der Waals surface area contributed by atoms with Crippen LogP contribution in [0, 0.1) is 0 Å². The monoisotopic (exact) mass is 290 g/mol. The highest BCUT2D eigenvalue weighted by Crippen LogP contribution is 2.24. The molecule has 114 valence electrons. The Hall–Kier alpha value is -0.130. The van der Waals surface area contributed by atoms with Gasteiger partial charge in [0.05, 0.1) is 5.75 Å². The van der Waals surface area contributed by atoms with Gasteiger partial charge in [0.1, 0.15) is 0 Å². The summed E-state index contributed by atoms with van der Waals surface area (Å²) in [6.45, 7) is 5.27. The van der Waals surface area contributed by atoms with Crippen LogP contribution in [0.4, 0.5) is 0 Å². The molecular weight excluding hydrogens is 260 g/mol. The predicted octanol–water partition coefficient (Wildman–Crippen LogP) is 2.36. The van der Waals surface area contributed by atoms with Gasteiger partial charge >= 0.3 is 0 Å². The first-order valence-corrected chi connectivity index (χ1v) is 9.31. The lowest BCUT2D eigenvalue weighted by atomic mass is 9.91. The summed E-state index contributed by atoms with van der Waals surface area (Å²) in [5.74, 6) is 0.300. The van der Waals surface area contributed by atoms with Crippen molar-refractivity contribution in [1.29, 1.82) is 0 Å². The molecule has 19 heavy (non-hydrogen) atoms. The Morgan fingerprint density at radius 3 is 2.26 bits per heavy atom. The van der Waals surface area contributed by atoms with Gasteiger partial charge in [0.2, 0.25) is 10.0 Å². The number of sulfonamides is 1. The standard InChI is InChI=1S/C14H30N2O2S/c1-4-6-12-19(17,18)16(3)14-9-7-13(8-10-14)15-11-5-2/h13-15H,4-12H2,1-3H3. The normalized spacial score (nSPS) is 24.8. The third-order valence-electron chi connectivity index (χ3n) is 4.09. The molecule has 4 nitrogen and oxygen atoms in total. The number of hydrogen-bond donors (Lipinski definition) is 1. The average Bonchev–Trinajstić information content (AvgIpc) is 2.42. The van der Waals surface area contributed by atoms with Crippen molar-refractivity contribution in [3.63, 3.8) is 0 Å². The van der Waals surface area contributed by atoms with Gasteiger partial charge in [-0.3, -0.25) is 0 Å². The van der Waals surface area contributed by atoms with E-state index in [1.807, 2.05) is 6.92 Å². The lowest BCUT2D eigenvalue weighted by Crippen LogP contribution is -2.44. The van der Waals surface area contributed by atoms with E-state index in [9.17, 15) is 8.42 Å². The fourth-order valence-electron chi connectivity index (χ4n) is 2.69. The Balaban J connectivity index is 2.41. The van der Waals surface area contributed by atoms with Crippen LogP contribution in [0.25, 0.3) is 0 Å². The summed E-state index contributed by atoms with van der Waals surface area (Å²) in [4.78, 5) is 0. The van der Waals surface area contributed by atoms with Crippen molar-refractivity contribution in [2.24, 2.45) is 0 Å². The van der Waals surface area contributed by atoms with Gasteiger partial charge in [-0.1, -0.05) is 20.3 Å². The van der Waals surface area contributed by atoms with Crippen LogP contribution in [-0.2, 0) is 10.0 Å². The molecule has 0 radical (unpaired) electrons. The number of rotatable bonds is 8. The summed E-state index contributed by atoms with van der Waals surface area (Å²) in [5, 5.41) is 3.54. The molecule has 0 atom stereocenters. The van der Waals surface area contributed by atoms with Crippen LogP contribution in [0.1, 0.15) is 58.8 Å². The molecule has 0 aromatic carbocycles. The molecule has 1 aliphatic rings. The average molecular weight is 290 g/mol. The van der Waals surface area contributed by atoms with Crippen molar-refractivity contribution in [3.05, 3.63) is 0 Å². The zero-order valence-corrected chi connectivity index (χ0v) is 13.5. The van der Waals surface area contributed by atoms with E-state index in [1.165, 1.54) is 0 Å². The van der Waals surface area contributed by atoms with E-state index in [0.717, 1.165) is 51.5 Å². The van der Waals surface area contributed by atoms with Crippen LogP contribution < -0.4 is 5.32 Å². The smallest absolute Gasteiger partial charge is 0.214 e. The van der Waals surface area contributed by atoms with Crippen LogP contribution in [0.15, 0.2) is 0 Å². The fraction of sp³-hybridized carbons (Fsp3) is 1.00. The minimum atomic E-state index is -3.04. The molecule has 0 heterocycles. The van der Waals surface area contributed by atoms with Crippen LogP contribution in [0.5, 0.6) is 0 Å². The Morgan fingerprint density at radius 2 is 1.74 bits per heavy atom. The second-order valence-electron chi connectivity index (χ2n) is 5.65. The summed E-state index contributed by atoms with van der Waals surface area (Å²) in [6, 6.07) is 0.796. The first kappa shape index (κ1) is 16.9. The second-order valence-corrected chi connectivity index (χ2v) is 7.79. The molecule has 0 aromatic rings. The maximum atomic E-state index is 12.2. The third-order valence-corrected chi connectivity index (χ3v) is 6.07. The molecule has 1 N–H and O–H groups in total. The molecule has 1 fully saturated rings. The van der Waals surface area contributed by atoms with Gasteiger partial charge in [-0.05, 0) is 45.1 Å². The van der Waals surface area contributed by atoms with Crippen LogP contribution >= 0.6 is 0 Å². The van der Waals surface area contributed by atoms with Crippen LogP contribution in [-0.4, -0.2) is 44.2 Å². The summed E-state index contributed by atoms with van der Waals surface area (Å²) in [5.41, 5.74) is 0. The third kappa shape index (κ3) is 5.40. The lowest BCUT2D eigenvalue weighted by molar-refractivity contribution is 0.249. The van der Waals surface area contributed by atoms with Crippen molar-refractivity contribution in [2.45, 2.75) is 70.9 Å². The highest BCUT2D eigenvalue weighted by atomic mass is 32.2. The summed E-state index contributed by atoms with van der Waals surface area (Å²) >= 11 is 0. The highest BCUT2D eigenvalue weighted by Gasteiger charge is 2.29. The Labute approximate surface area is 119 Å². The van der Waals surface area contributed by atoms with Gasteiger partial charge in [-0.25, -0.2) is 12.7 Å². The molecule has 0 amide bonds. The SMILES string of the molecule is CCCCS(=O)(=O)N(C)C1CCC(NCCC)CC1. The maximum Gasteiger partial charge on any atom is 0.214 e. The van der Waals surface area contributed by atoms with Gasteiger partial charge < -0.3 is 5.32 Å². The van der Waals surface area contributed by atoms with Crippen molar-refractivity contribution < 1.29 is 8.42 Å². The molecule has 5 heteroatoms. The number of nitrogens with zero attached hydrogens (tertiary/aromatic N) is 1. The zero-order chi connectivity index (χ0) is 14.3. The minimum absolute atomic E-state index is 0.210. The van der Waals surface area contributed by atoms with Crippen LogP contribution in [0.3, 0.4) is 0 Å². The summed E-state index contributed by atoms with van der Waals surface area (Å²) < 4.78 is 25.9. The largest absolute Gasteiger partial charge is 0.314 e. The molecule has 0 spiro atoms. The molecule has 0 aliphatic heterocycles. The molecule has 1 aliphatic carbocycles. The predicted molar refractivity (Wildman–Crippen MR) is 80.8 cm³/mol. The fourth-order valence-corrected chi connectivity index (χ4v) is 4.30. The lowest BCUT2D eigenvalue weighted by Gasteiger charge is -2.34. The maximum absolute atomic E-state index is 12.2. The number of unbranched alkanes of at least 4 members (excludes halogenated alkanes) is 1. The Kier molecular flexibility index (Phi) is 7.32. The van der Waals surface area contributed by atoms with Crippen molar-refractivity contribution >= 4 is 10.0 Å². The highest BCUT2D eigenvalue weighted by molar-refractivity contribution is 7.89. The van der Waals surface area contributed by atoms with Gasteiger partial charge in [0, 0.05) is 19.1 Å². The number of nitrogens with one attached hydrogen (secondary N) is 1. The van der Waals surface area contributed by atoms with Crippen molar-refractivity contribution in [3.8, 4) is 0 Å². The summed E-state index contributed by atoms with van der Waals surface area (Å²) in [7, 11) is -1.28. The van der Waals surface area contributed by atoms with E-state index in [1.54, 1.807) is 11.4 Å². The first-order valence-electron chi connectivity index (χ1n) is 7.70. The quantitative estimate of drug-likeness (QED) is 0.746. The Morgan fingerprint density at radius 1 is 1.11 bits per heavy atom. The molecule has 1 saturated carbocycles. The second kappa shape index (κ2) is 8.22. The Bertz CT molecular complexity index is 335. The topological polar surface area (TPSA) is 49.4 Å².